The Morgan fingerprint density at radius 2 is 1.96 bits per heavy atom. The van der Waals surface area contributed by atoms with Crippen LogP contribution in [0.25, 0.3) is 10.2 Å². The number of hydrogen-bond donors (Lipinski definition) is 1. The van der Waals surface area contributed by atoms with Crippen molar-refractivity contribution in [3.05, 3.63) is 23.2 Å². The van der Waals surface area contributed by atoms with Crippen LogP contribution in [0.2, 0.25) is 0 Å². The van der Waals surface area contributed by atoms with Crippen molar-refractivity contribution in [2.45, 2.75) is 57.4 Å². The summed E-state index contributed by atoms with van der Waals surface area (Å²) in [6, 6.07) is 5.27. The molecule has 0 bridgehead atoms. The summed E-state index contributed by atoms with van der Waals surface area (Å²) >= 11 is 1.57. The van der Waals surface area contributed by atoms with Gasteiger partial charge in [0.05, 0.1) is 20.1 Å². The van der Waals surface area contributed by atoms with E-state index in [4.69, 9.17) is 5.73 Å². The molecule has 0 saturated carbocycles. The third-order valence-electron chi connectivity index (χ3n) is 4.92. The first-order valence-corrected chi connectivity index (χ1v) is 10.8. The summed E-state index contributed by atoms with van der Waals surface area (Å²) < 4.78 is 28.7. The molecule has 1 saturated heterocycles. The molecular formula is C18H28ClN3O2S2. The van der Waals surface area contributed by atoms with Gasteiger partial charge < -0.3 is 5.73 Å². The minimum atomic E-state index is -3.52. The second kappa shape index (κ2) is 7.02. The number of thiazole rings is 1. The summed E-state index contributed by atoms with van der Waals surface area (Å²) in [7, 11) is -3.52. The lowest BCUT2D eigenvalue weighted by molar-refractivity contribution is 0.155. The van der Waals surface area contributed by atoms with Crippen LogP contribution in [0.3, 0.4) is 0 Å². The van der Waals surface area contributed by atoms with Crippen LogP contribution in [0.1, 0.15) is 46.0 Å². The first kappa shape index (κ1) is 21.6. The molecule has 2 aromatic rings. The molecule has 1 aliphatic heterocycles. The van der Waals surface area contributed by atoms with Crippen molar-refractivity contribution >= 4 is 44.0 Å². The number of benzene rings is 1. The standard InChI is InChI=1S/C18H27N3O2S2.ClH/c1-17(2,3)16-20-13-7-6-12(10-14(13)24-16)25(22,23)21-9-8-15(19)18(4,5)11-21;/h6-7,10,15H,8-9,11,19H2,1-5H3;1H. The van der Waals surface area contributed by atoms with Gasteiger partial charge >= 0.3 is 0 Å². The Labute approximate surface area is 166 Å². The Bertz CT molecular complexity index is 901. The number of halogens is 1. The van der Waals surface area contributed by atoms with Gasteiger partial charge in [-0.1, -0.05) is 34.6 Å². The van der Waals surface area contributed by atoms with Gasteiger partial charge in [0.2, 0.25) is 10.0 Å². The van der Waals surface area contributed by atoms with Crippen molar-refractivity contribution in [3.8, 4) is 0 Å². The summed E-state index contributed by atoms with van der Waals surface area (Å²) in [5.41, 5.74) is 6.73. The molecule has 146 valence electrons. The van der Waals surface area contributed by atoms with Crippen LogP contribution in [-0.2, 0) is 15.4 Å². The van der Waals surface area contributed by atoms with Crippen molar-refractivity contribution < 1.29 is 8.42 Å². The molecular weight excluding hydrogens is 390 g/mol. The van der Waals surface area contributed by atoms with Crippen LogP contribution in [0, 0.1) is 5.41 Å². The average molecular weight is 418 g/mol. The quantitative estimate of drug-likeness (QED) is 0.806. The highest BCUT2D eigenvalue weighted by Gasteiger charge is 2.38. The molecule has 0 spiro atoms. The van der Waals surface area contributed by atoms with Gasteiger partial charge in [-0.05, 0) is 30.0 Å². The molecule has 1 aliphatic rings. The molecule has 1 aromatic carbocycles. The SMILES string of the molecule is CC(C)(C)c1nc2ccc(S(=O)(=O)N3CCC(N)C(C)(C)C3)cc2s1.Cl. The van der Waals surface area contributed by atoms with Crippen molar-refractivity contribution in [3.63, 3.8) is 0 Å². The Hall–Kier alpha value is -0.730. The number of rotatable bonds is 2. The Kier molecular flexibility index (Phi) is 5.82. The highest BCUT2D eigenvalue weighted by atomic mass is 35.5. The third kappa shape index (κ3) is 3.92. The fourth-order valence-corrected chi connectivity index (χ4v) is 5.86. The van der Waals surface area contributed by atoms with Gasteiger partial charge in [-0.25, -0.2) is 13.4 Å². The van der Waals surface area contributed by atoms with Crippen molar-refractivity contribution in [2.24, 2.45) is 11.1 Å². The smallest absolute Gasteiger partial charge is 0.243 e. The molecule has 3 rings (SSSR count). The van der Waals surface area contributed by atoms with Crippen LogP contribution in [0.15, 0.2) is 23.1 Å². The number of nitrogens with two attached hydrogens (primary N) is 1. The summed E-state index contributed by atoms with van der Waals surface area (Å²) in [5, 5.41) is 1.02. The maximum absolute atomic E-state index is 13.1. The zero-order chi connectivity index (χ0) is 18.6. The molecule has 2 N–H and O–H groups in total. The molecule has 0 amide bonds. The highest BCUT2D eigenvalue weighted by Crippen LogP contribution is 2.35. The first-order chi connectivity index (χ1) is 11.4. The number of sulfonamides is 1. The van der Waals surface area contributed by atoms with E-state index in [0.717, 1.165) is 15.2 Å². The van der Waals surface area contributed by atoms with E-state index in [0.29, 0.717) is 24.4 Å². The number of piperidine rings is 1. The highest BCUT2D eigenvalue weighted by molar-refractivity contribution is 7.89. The maximum atomic E-state index is 13.1. The zero-order valence-electron chi connectivity index (χ0n) is 15.9. The van der Waals surface area contributed by atoms with Crippen LogP contribution >= 0.6 is 23.7 Å². The fraction of sp³-hybridized carbons (Fsp3) is 0.611. The van der Waals surface area contributed by atoms with Gasteiger partial charge in [0.15, 0.2) is 0 Å². The molecule has 1 fully saturated rings. The van der Waals surface area contributed by atoms with E-state index in [1.54, 1.807) is 27.8 Å². The van der Waals surface area contributed by atoms with Crippen molar-refractivity contribution in [1.82, 2.24) is 9.29 Å². The Balaban J connectivity index is 0.00000243. The van der Waals surface area contributed by atoms with Crippen LogP contribution in [0.4, 0.5) is 0 Å². The minimum Gasteiger partial charge on any atom is -0.327 e. The van der Waals surface area contributed by atoms with Gasteiger partial charge in [-0.15, -0.1) is 23.7 Å². The van der Waals surface area contributed by atoms with E-state index in [1.807, 2.05) is 19.9 Å². The zero-order valence-corrected chi connectivity index (χ0v) is 18.4. The fourth-order valence-electron chi connectivity index (χ4n) is 3.07. The lowest BCUT2D eigenvalue weighted by Crippen LogP contribution is -2.53. The molecule has 8 heteroatoms. The average Bonchev–Trinajstić information content (AvgIpc) is 2.93. The van der Waals surface area contributed by atoms with Gasteiger partial charge in [-0.2, -0.15) is 4.31 Å². The normalized spacial score (nSPS) is 21.5. The summed E-state index contributed by atoms with van der Waals surface area (Å²) in [5.74, 6) is 0. The molecule has 2 heterocycles. The summed E-state index contributed by atoms with van der Waals surface area (Å²) in [6.07, 6.45) is 0.684. The molecule has 26 heavy (non-hydrogen) atoms. The minimum absolute atomic E-state index is 0. The van der Waals surface area contributed by atoms with E-state index in [1.165, 1.54) is 0 Å². The topological polar surface area (TPSA) is 76.3 Å². The largest absolute Gasteiger partial charge is 0.327 e. The van der Waals surface area contributed by atoms with Crippen LogP contribution in [0.5, 0.6) is 0 Å². The van der Waals surface area contributed by atoms with E-state index >= 15 is 0 Å². The molecule has 1 aromatic heterocycles. The van der Waals surface area contributed by atoms with E-state index in [9.17, 15) is 8.42 Å². The molecule has 5 nitrogen and oxygen atoms in total. The molecule has 0 radical (unpaired) electrons. The number of hydrogen-bond acceptors (Lipinski definition) is 5. The second-order valence-corrected chi connectivity index (χ2v) is 11.6. The first-order valence-electron chi connectivity index (χ1n) is 8.58. The molecule has 0 aliphatic carbocycles. The predicted molar refractivity (Wildman–Crippen MR) is 111 cm³/mol. The summed E-state index contributed by atoms with van der Waals surface area (Å²) in [4.78, 5) is 4.99. The monoisotopic (exact) mass is 417 g/mol. The number of nitrogens with zero attached hydrogens (tertiary/aromatic N) is 2. The van der Waals surface area contributed by atoms with Crippen molar-refractivity contribution in [2.75, 3.05) is 13.1 Å². The third-order valence-corrected chi connectivity index (χ3v) is 8.20. The lowest BCUT2D eigenvalue weighted by atomic mass is 9.81. The van der Waals surface area contributed by atoms with Gasteiger partial charge in [0, 0.05) is 24.5 Å². The van der Waals surface area contributed by atoms with E-state index in [-0.39, 0.29) is 29.3 Å². The van der Waals surface area contributed by atoms with E-state index < -0.39 is 10.0 Å². The maximum Gasteiger partial charge on any atom is 0.243 e. The summed E-state index contributed by atoms with van der Waals surface area (Å²) in [6.45, 7) is 11.3. The van der Waals surface area contributed by atoms with Gasteiger partial charge in [-0.3, -0.25) is 0 Å². The van der Waals surface area contributed by atoms with Gasteiger partial charge in [0.25, 0.3) is 0 Å². The lowest BCUT2D eigenvalue weighted by Gasteiger charge is -2.41. The number of fused-ring (bicyclic) bond motifs is 1. The molecule has 1 unspecified atom stereocenters. The van der Waals surface area contributed by atoms with Crippen LogP contribution in [-0.4, -0.2) is 36.8 Å². The number of aromatic nitrogens is 1. The predicted octanol–water partition coefficient (Wildman–Crippen LogP) is 3.76. The Morgan fingerprint density at radius 1 is 1.31 bits per heavy atom. The van der Waals surface area contributed by atoms with E-state index in [2.05, 4.69) is 25.8 Å². The van der Waals surface area contributed by atoms with Gasteiger partial charge in [0.1, 0.15) is 0 Å². The van der Waals surface area contributed by atoms with Crippen LogP contribution < -0.4 is 5.73 Å². The van der Waals surface area contributed by atoms with Crippen molar-refractivity contribution in [1.29, 1.82) is 0 Å². The second-order valence-electron chi connectivity index (χ2n) is 8.62. The Morgan fingerprint density at radius 3 is 2.54 bits per heavy atom. The molecule has 1 atom stereocenters.